The number of allylic oxidation sites excluding steroid dienone is 3. The average molecular weight is 610 g/mol. The zero-order valence-corrected chi connectivity index (χ0v) is 25.5. The van der Waals surface area contributed by atoms with Crippen LogP contribution in [0.15, 0.2) is 103 Å². The van der Waals surface area contributed by atoms with Gasteiger partial charge in [0.1, 0.15) is 5.69 Å². The predicted molar refractivity (Wildman–Crippen MR) is 180 cm³/mol. The number of aromatic amines is 1. The Bertz CT molecular complexity index is 1910. The summed E-state index contributed by atoms with van der Waals surface area (Å²) in [7, 11) is 0. The quantitative estimate of drug-likeness (QED) is 0.206. The fraction of sp³-hybridized carbons (Fsp3) is 0.243. The van der Waals surface area contributed by atoms with Gasteiger partial charge in [-0.05, 0) is 91.8 Å². The molecule has 2 N–H and O–H groups in total. The number of rotatable bonds is 8. The molecule has 230 valence electrons. The molecule has 9 heteroatoms. The highest BCUT2D eigenvalue weighted by atomic mass is 16.2. The van der Waals surface area contributed by atoms with E-state index in [2.05, 4.69) is 71.8 Å². The second-order valence-corrected chi connectivity index (χ2v) is 11.9. The molecule has 3 aromatic heterocycles. The summed E-state index contributed by atoms with van der Waals surface area (Å²) < 4.78 is 0. The second-order valence-electron chi connectivity index (χ2n) is 11.9. The number of carbonyl (C=O) groups is 2. The van der Waals surface area contributed by atoms with Crippen molar-refractivity contribution in [2.24, 2.45) is 5.92 Å². The molecule has 5 aromatic rings. The van der Waals surface area contributed by atoms with Crippen molar-refractivity contribution >= 4 is 33.9 Å². The molecule has 0 unspecified atom stereocenters. The van der Waals surface area contributed by atoms with Gasteiger partial charge < -0.3 is 5.32 Å². The minimum Gasteiger partial charge on any atom is -0.326 e. The van der Waals surface area contributed by atoms with E-state index in [1.54, 1.807) is 24.8 Å². The van der Waals surface area contributed by atoms with Crippen molar-refractivity contribution in [2.45, 2.75) is 32.1 Å². The molecule has 1 fully saturated rings. The maximum atomic E-state index is 13.4. The van der Waals surface area contributed by atoms with Crippen LogP contribution in [-0.4, -0.2) is 61.4 Å². The summed E-state index contributed by atoms with van der Waals surface area (Å²) in [6, 6.07) is 19.8. The van der Waals surface area contributed by atoms with Crippen LogP contribution >= 0.6 is 0 Å². The minimum atomic E-state index is -0.169. The third-order valence-corrected chi connectivity index (χ3v) is 8.84. The van der Waals surface area contributed by atoms with E-state index in [9.17, 15) is 9.59 Å². The molecule has 9 nitrogen and oxygen atoms in total. The van der Waals surface area contributed by atoms with Gasteiger partial charge in [0.15, 0.2) is 11.6 Å². The van der Waals surface area contributed by atoms with Crippen LogP contribution in [-0.2, 0) is 9.59 Å². The summed E-state index contributed by atoms with van der Waals surface area (Å²) in [6.45, 7) is 1.65. The Morgan fingerprint density at radius 2 is 1.65 bits per heavy atom. The van der Waals surface area contributed by atoms with Gasteiger partial charge in [0.25, 0.3) is 0 Å². The number of aromatic nitrogens is 5. The maximum absolute atomic E-state index is 13.4. The summed E-state index contributed by atoms with van der Waals surface area (Å²) in [4.78, 5) is 41.6. The molecular weight excluding hydrogens is 574 g/mol. The Morgan fingerprint density at radius 1 is 0.870 bits per heavy atom. The number of Topliss-reactive ketones (excluding diaryl/α,β-unsaturated/α-hetero) is 1. The maximum Gasteiger partial charge on any atom is 0.228 e. The van der Waals surface area contributed by atoms with Crippen LogP contribution in [0.2, 0.25) is 0 Å². The number of hydrogen-bond donors (Lipinski definition) is 2. The van der Waals surface area contributed by atoms with Gasteiger partial charge in [-0.1, -0.05) is 36.4 Å². The van der Waals surface area contributed by atoms with Gasteiger partial charge in [-0.25, -0.2) is 9.97 Å². The summed E-state index contributed by atoms with van der Waals surface area (Å²) in [5, 5.41) is 11.6. The van der Waals surface area contributed by atoms with E-state index in [-0.39, 0.29) is 17.6 Å². The van der Waals surface area contributed by atoms with Crippen LogP contribution in [0.4, 0.5) is 5.69 Å². The first-order valence-electron chi connectivity index (χ1n) is 15.8. The van der Waals surface area contributed by atoms with E-state index >= 15 is 0 Å². The number of anilines is 1. The SMILES string of the molecule is O=C(CN1CC[C@@H](C(=O)Nc2ccc3[nH]nc(-c4ccncc4)c3c2)C1)C1=CCC/C=C(/c2ccc(-c3ncccn3)cc2)CC1. The van der Waals surface area contributed by atoms with E-state index < -0.39 is 0 Å². The lowest BCUT2D eigenvalue weighted by atomic mass is 9.92. The number of ketones is 1. The largest absolute Gasteiger partial charge is 0.326 e. The molecule has 1 aliphatic heterocycles. The minimum absolute atomic E-state index is 0.0203. The Labute approximate surface area is 267 Å². The van der Waals surface area contributed by atoms with Crippen molar-refractivity contribution < 1.29 is 9.59 Å². The number of H-pyrrole nitrogens is 1. The number of carbonyl (C=O) groups excluding carboxylic acids is 2. The molecule has 1 atom stereocenters. The van der Waals surface area contributed by atoms with Crippen LogP contribution in [0.25, 0.3) is 39.1 Å². The Hall–Kier alpha value is -5.28. The molecule has 0 radical (unpaired) electrons. The van der Waals surface area contributed by atoms with Gasteiger partial charge in [-0.2, -0.15) is 5.10 Å². The highest BCUT2D eigenvalue weighted by molar-refractivity contribution is 5.99. The fourth-order valence-electron chi connectivity index (χ4n) is 6.35. The molecule has 2 aliphatic rings. The lowest BCUT2D eigenvalue weighted by Crippen LogP contribution is -2.31. The molecule has 1 amide bonds. The van der Waals surface area contributed by atoms with Crippen LogP contribution < -0.4 is 5.32 Å². The summed E-state index contributed by atoms with van der Waals surface area (Å²) in [6.07, 6.45) is 15.4. The smallest absolute Gasteiger partial charge is 0.228 e. The predicted octanol–water partition coefficient (Wildman–Crippen LogP) is 6.50. The lowest BCUT2D eigenvalue weighted by Gasteiger charge is -2.18. The van der Waals surface area contributed by atoms with Crippen LogP contribution in [0, 0.1) is 5.92 Å². The van der Waals surface area contributed by atoms with Gasteiger partial charge in [0.05, 0.1) is 18.0 Å². The van der Waals surface area contributed by atoms with Crippen molar-refractivity contribution in [3.05, 3.63) is 109 Å². The first-order chi connectivity index (χ1) is 22.6. The monoisotopic (exact) mass is 609 g/mol. The lowest BCUT2D eigenvalue weighted by molar-refractivity contribution is -0.120. The molecule has 46 heavy (non-hydrogen) atoms. The van der Waals surface area contributed by atoms with Crippen molar-refractivity contribution in [3.63, 3.8) is 0 Å². The van der Waals surface area contributed by atoms with Crippen LogP contribution in [0.5, 0.6) is 0 Å². The molecule has 4 heterocycles. The number of likely N-dealkylation sites (tertiary alicyclic amines) is 1. The third kappa shape index (κ3) is 6.55. The van der Waals surface area contributed by atoms with E-state index in [4.69, 9.17) is 0 Å². The number of nitrogens with zero attached hydrogens (tertiary/aromatic N) is 5. The number of pyridine rings is 1. The standard InChI is InChI=1S/C37H35N7O2/c45-34(27-5-2-1-4-25(6-9-27)26-7-10-29(11-8-26)36-39-17-3-18-40-36)24-44-21-16-30(23-44)37(46)41-31-12-13-33-32(22-31)35(43-42-33)28-14-19-38-20-15-28/h3-5,7-8,10-15,17-20,22,30H,1-2,6,9,16,21,23-24H2,(H,41,46)(H,42,43)/b25-4+,27-5?/t30-/m1/s1. The highest BCUT2D eigenvalue weighted by Crippen LogP contribution is 2.30. The van der Waals surface area contributed by atoms with Gasteiger partial charge in [-0.3, -0.25) is 24.6 Å². The normalized spacial score (nSPS) is 18.3. The number of hydrogen-bond acceptors (Lipinski definition) is 7. The van der Waals surface area contributed by atoms with Crippen molar-refractivity contribution in [1.82, 2.24) is 30.0 Å². The van der Waals surface area contributed by atoms with E-state index in [0.29, 0.717) is 25.3 Å². The van der Waals surface area contributed by atoms with Gasteiger partial charge in [0, 0.05) is 53.5 Å². The molecule has 1 aliphatic carbocycles. The highest BCUT2D eigenvalue weighted by Gasteiger charge is 2.30. The Balaban J connectivity index is 0.931. The summed E-state index contributed by atoms with van der Waals surface area (Å²) in [5.74, 6) is 0.683. The number of benzene rings is 2. The first-order valence-corrected chi connectivity index (χ1v) is 15.8. The van der Waals surface area contributed by atoms with Crippen molar-refractivity contribution in [3.8, 4) is 22.6 Å². The summed E-state index contributed by atoms with van der Waals surface area (Å²) >= 11 is 0. The molecule has 2 aromatic carbocycles. The topological polar surface area (TPSA) is 117 Å². The molecule has 0 bridgehead atoms. The molecule has 1 saturated heterocycles. The van der Waals surface area contributed by atoms with E-state index in [0.717, 1.165) is 71.2 Å². The summed E-state index contributed by atoms with van der Waals surface area (Å²) in [5.41, 5.74) is 7.72. The van der Waals surface area contributed by atoms with Gasteiger partial charge in [0.2, 0.25) is 5.91 Å². The van der Waals surface area contributed by atoms with E-state index in [1.165, 1.54) is 11.1 Å². The number of fused-ring (bicyclic) bond motifs is 1. The Morgan fingerprint density at radius 3 is 2.48 bits per heavy atom. The molecular formula is C37H35N7O2. The number of nitrogens with one attached hydrogen (secondary N) is 2. The van der Waals surface area contributed by atoms with Gasteiger partial charge >= 0.3 is 0 Å². The molecule has 7 rings (SSSR count). The zero-order valence-electron chi connectivity index (χ0n) is 25.5. The van der Waals surface area contributed by atoms with Crippen LogP contribution in [0.1, 0.15) is 37.7 Å². The van der Waals surface area contributed by atoms with Crippen molar-refractivity contribution in [2.75, 3.05) is 25.0 Å². The fourth-order valence-corrected chi connectivity index (χ4v) is 6.35. The van der Waals surface area contributed by atoms with Gasteiger partial charge in [-0.15, -0.1) is 0 Å². The van der Waals surface area contributed by atoms with E-state index in [1.807, 2.05) is 36.4 Å². The Kier molecular flexibility index (Phi) is 8.56. The molecule has 0 saturated carbocycles. The zero-order chi connectivity index (χ0) is 31.3. The second kappa shape index (κ2) is 13.4. The number of amides is 1. The van der Waals surface area contributed by atoms with Crippen molar-refractivity contribution in [1.29, 1.82) is 0 Å². The average Bonchev–Trinajstić information content (AvgIpc) is 3.73. The molecule has 0 spiro atoms. The third-order valence-electron chi connectivity index (χ3n) is 8.84. The van der Waals surface area contributed by atoms with Crippen LogP contribution in [0.3, 0.4) is 0 Å². The first kappa shape index (κ1) is 29.4.